The second-order valence-electron chi connectivity index (χ2n) is 5.06. The van der Waals surface area contributed by atoms with Crippen molar-refractivity contribution in [2.75, 3.05) is 18.5 Å². The Morgan fingerprint density at radius 3 is 2.72 bits per heavy atom. The number of alkyl halides is 1. The van der Waals surface area contributed by atoms with Crippen LogP contribution in [0.25, 0.3) is 0 Å². The molecule has 2 atom stereocenters. The van der Waals surface area contributed by atoms with E-state index in [4.69, 9.17) is 11.6 Å². The maximum Gasteiger partial charge on any atom is 0.269 e. The van der Waals surface area contributed by atoms with Gasteiger partial charge in [-0.25, -0.2) is 0 Å². The van der Waals surface area contributed by atoms with Crippen molar-refractivity contribution < 1.29 is 4.92 Å². The van der Waals surface area contributed by atoms with Gasteiger partial charge in [-0.2, -0.15) is 0 Å². The Bertz CT molecular complexity index is 464. The minimum absolute atomic E-state index is 0.0996. The highest BCUT2D eigenvalue weighted by Crippen LogP contribution is 2.39. The first-order valence-corrected chi connectivity index (χ1v) is 6.60. The zero-order chi connectivity index (χ0) is 13.3. The smallest absolute Gasteiger partial charge is 0.269 e. The molecule has 1 saturated carbocycles. The van der Waals surface area contributed by atoms with Gasteiger partial charge in [-0.3, -0.25) is 10.1 Å². The minimum atomic E-state index is -0.386. The summed E-state index contributed by atoms with van der Waals surface area (Å²) in [4.78, 5) is 12.5. The van der Waals surface area contributed by atoms with Crippen molar-refractivity contribution in [1.29, 1.82) is 0 Å². The van der Waals surface area contributed by atoms with Crippen LogP contribution in [0, 0.1) is 22.0 Å². The van der Waals surface area contributed by atoms with Crippen LogP contribution >= 0.6 is 11.6 Å². The highest BCUT2D eigenvalue weighted by atomic mass is 35.5. The van der Waals surface area contributed by atoms with Crippen LogP contribution < -0.4 is 4.90 Å². The molecule has 1 fully saturated rings. The number of rotatable bonds is 5. The lowest BCUT2D eigenvalue weighted by Gasteiger charge is -2.21. The molecule has 5 heteroatoms. The molecule has 1 aromatic rings. The van der Waals surface area contributed by atoms with E-state index in [1.165, 1.54) is 12.5 Å². The van der Waals surface area contributed by atoms with Gasteiger partial charge >= 0.3 is 0 Å². The zero-order valence-electron chi connectivity index (χ0n) is 10.6. The van der Waals surface area contributed by atoms with Gasteiger partial charge in [-0.1, -0.05) is 6.92 Å². The molecular formula is C13H17ClN2O2. The summed E-state index contributed by atoms with van der Waals surface area (Å²) in [5.74, 6) is 1.83. The Kier molecular flexibility index (Phi) is 3.76. The molecule has 4 nitrogen and oxygen atoms in total. The summed E-state index contributed by atoms with van der Waals surface area (Å²) < 4.78 is 0. The van der Waals surface area contributed by atoms with Gasteiger partial charge in [0.25, 0.3) is 5.69 Å². The molecule has 1 aromatic carbocycles. The van der Waals surface area contributed by atoms with E-state index < -0.39 is 0 Å². The van der Waals surface area contributed by atoms with E-state index in [-0.39, 0.29) is 10.6 Å². The predicted molar refractivity (Wildman–Crippen MR) is 73.2 cm³/mol. The third-order valence-electron chi connectivity index (χ3n) is 3.61. The molecule has 0 bridgehead atoms. The summed E-state index contributed by atoms with van der Waals surface area (Å²) in [6.45, 7) is 3.24. The molecule has 1 aliphatic carbocycles. The fraction of sp³-hybridized carbons (Fsp3) is 0.538. The summed E-state index contributed by atoms with van der Waals surface area (Å²) >= 11 is 5.88. The lowest BCUT2D eigenvalue weighted by molar-refractivity contribution is -0.384. The molecule has 0 aliphatic heterocycles. The number of nitro benzene ring substituents is 1. The number of hydrogen-bond donors (Lipinski definition) is 0. The number of anilines is 1. The van der Waals surface area contributed by atoms with Crippen molar-refractivity contribution in [3.05, 3.63) is 33.9 Å². The highest BCUT2D eigenvalue weighted by molar-refractivity contribution is 6.17. The average molecular weight is 269 g/mol. The first-order valence-electron chi connectivity index (χ1n) is 6.07. The van der Waals surface area contributed by atoms with Gasteiger partial charge in [0.05, 0.1) is 4.92 Å². The molecule has 1 aliphatic rings. The quantitative estimate of drug-likeness (QED) is 0.467. The number of benzene rings is 1. The number of nitrogens with zero attached hydrogens (tertiary/aromatic N) is 2. The maximum absolute atomic E-state index is 10.7. The van der Waals surface area contributed by atoms with Crippen LogP contribution in [0.4, 0.5) is 11.4 Å². The number of non-ortho nitro benzene ring substituents is 1. The van der Waals surface area contributed by atoms with Crippen molar-refractivity contribution in [1.82, 2.24) is 0 Å². The topological polar surface area (TPSA) is 46.4 Å². The molecule has 0 heterocycles. The molecule has 0 aromatic heterocycles. The Hall–Kier alpha value is -1.29. The molecule has 2 unspecified atom stereocenters. The van der Waals surface area contributed by atoms with E-state index in [0.717, 1.165) is 29.6 Å². The van der Waals surface area contributed by atoms with Crippen LogP contribution in [0.3, 0.4) is 0 Å². The SMILES string of the molecule is CC1CC1CN(C)c1ccc([N+](=O)[O-])cc1CCl. The Morgan fingerprint density at radius 1 is 1.56 bits per heavy atom. The zero-order valence-corrected chi connectivity index (χ0v) is 11.4. The molecule has 0 amide bonds. The van der Waals surface area contributed by atoms with Crippen molar-refractivity contribution in [3.63, 3.8) is 0 Å². The van der Waals surface area contributed by atoms with Crippen molar-refractivity contribution >= 4 is 23.0 Å². The van der Waals surface area contributed by atoms with Gasteiger partial charge in [0, 0.05) is 37.3 Å². The fourth-order valence-corrected chi connectivity index (χ4v) is 2.48. The van der Waals surface area contributed by atoms with Crippen molar-refractivity contribution in [2.45, 2.75) is 19.2 Å². The lowest BCUT2D eigenvalue weighted by atomic mass is 10.1. The molecule has 2 rings (SSSR count). The lowest BCUT2D eigenvalue weighted by Crippen LogP contribution is -2.21. The minimum Gasteiger partial charge on any atom is -0.374 e. The molecule has 0 saturated heterocycles. The molecule has 98 valence electrons. The Morgan fingerprint density at radius 2 is 2.22 bits per heavy atom. The maximum atomic E-state index is 10.7. The van der Waals surface area contributed by atoms with Gasteiger partial charge in [0.1, 0.15) is 0 Å². The fourth-order valence-electron chi connectivity index (χ4n) is 2.27. The van der Waals surface area contributed by atoms with Crippen LogP contribution in [0.1, 0.15) is 18.9 Å². The number of hydrogen-bond acceptors (Lipinski definition) is 3. The van der Waals surface area contributed by atoms with Gasteiger partial charge in [-0.15, -0.1) is 11.6 Å². The predicted octanol–water partition coefficient (Wildman–Crippen LogP) is 3.43. The summed E-state index contributed by atoms with van der Waals surface area (Å²) in [7, 11) is 2.02. The van der Waals surface area contributed by atoms with Crippen LogP contribution in [-0.2, 0) is 5.88 Å². The standard InChI is InChI=1S/C13H17ClN2O2/c1-9-5-11(9)8-15(2)13-4-3-12(16(17)18)6-10(13)7-14/h3-4,6,9,11H,5,7-8H2,1-2H3. The van der Waals surface area contributed by atoms with Crippen LogP contribution in [-0.4, -0.2) is 18.5 Å². The summed E-state index contributed by atoms with van der Waals surface area (Å²) in [5, 5.41) is 10.7. The van der Waals surface area contributed by atoms with E-state index in [1.807, 2.05) is 7.05 Å². The van der Waals surface area contributed by atoms with Crippen LogP contribution in [0.2, 0.25) is 0 Å². The molecule has 0 N–H and O–H groups in total. The Balaban J connectivity index is 2.18. The second-order valence-corrected chi connectivity index (χ2v) is 5.32. The second kappa shape index (κ2) is 5.14. The van der Waals surface area contributed by atoms with E-state index >= 15 is 0 Å². The molecule has 0 radical (unpaired) electrons. The molecular weight excluding hydrogens is 252 g/mol. The highest BCUT2D eigenvalue weighted by Gasteiger charge is 2.33. The van der Waals surface area contributed by atoms with E-state index in [2.05, 4.69) is 11.8 Å². The van der Waals surface area contributed by atoms with Crippen molar-refractivity contribution in [2.24, 2.45) is 11.8 Å². The Labute approximate surface area is 112 Å². The first kappa shape index (κ1) is 13.1. The van der Waals surface area contributed by atoms with Crippen molar-refractivity contribution in [3.8, 4) is 0 Å². The van der Waals surface area contributed by atoms with Crippen LogP contribution in [0.15, 0.2) is 18.2 Å². The summed E-state index contributed by atoms with van der Waals surface area (Å²) in [5.41, 5.74) is 1.92. The third kappa shape index (κ3) is 2.75. The van der Waals surface area contributed by atoms with Gasteiger partial charge in [0.15, 0.2) is 0 Å². The molecule has 0 spiro atoms. The van der Waals surface area contributed by atoms with Gasteiger partial charge in [-0.05, 0) is 29.9 Å². The van der Waals surface area contributed by atoms with Crippen LogP contribution in [0.5, 0.6) is 0 Å². The normalized spacial score (nSPS) is 21.7. The number of nitro groups is 1. The van der Waals surface area contributed by atoms with E-state index in [9.17, 15) is 10.1 Å². The summed E-state index contributed by atoms with van der Waals surface area (Å²) in [6.07, 6.45) is 1.27. The van der Waals surface area contributed by atoms with E-state index in [1.54, 1.807) is 12.1 Å². The monoisotopic (exact) mass is 268 g/mol. The first-order chi connectivity index (χ1) is 8.52. The number of halogens is 1. The van der Waals surface area contributed by atoms with Gasteiger partial charge < -0.3 is 4.90 Å². The largest absolute Gasteiger partial charge is 0.374 e. The average Bonchev–Trinajstić information content (AvgIpc) is 3.03. The van der Waals surface area contributed by atoms with Gasteiger partial charge in [0.2, 0.25) is 0 Å². The third-order valence-corrected chi connectivity index (χ3v) is 3.90. The molecule has 18 heavy (non-hydrogen) atoms. The van der Waals surface area contributed by atoms with E-state index in [0.29, 0.717) is 5.88 Å². The summed E-state index contributed by atoms with van der Waals surface area (Å²) in [6, 6.07) is 4.90.